The zero-order valence-electron chi connectivity index (χ0n) is 16.1. The summed E-state index contributed by atoms with van der Waals surface area (Å²) in [4.78, 5) is 12.2. The van der Waals surface area contributed by atoms with Gasteiger partial charge in [0, 0.05) is 5.92 Å². The SMILES string of the molecule is CC(=O)C1CCC2C3CC=C4CC(OSO)CCC4(C)C3C(O)CC12C. The fourth-order valence-corrected chi connectivity index (χ4v) is 7.86. The number of allylic oxidation sites excluding steroid dienone is 1. The third-order valence-corrected chi connectivity index (χ3v) is 9.02. The topological polar surface area (TPSA) is 66.8 Å². The molecule has 0 spiro atoms. The van der Waals surface area contributed by atoms with Gasteiger partial charge in [-0.3, -0.25) is 8.98 Å². The number of aliphatic hydroxyl groups excluding tert-OH is 1. The highest BCUT2D eigenvalue weighted by Crippen LogP contribution is 2.66. The molecule has 0 saturated heterocycles. The summed E-state index contributed by atoms with van der Waals surface area (Å²) < 4.78 is 14.4. The van der Waals surface area contributed by atoms with Crippen molar-refractivity contribution in [1.29, 1.82) is 0 Å². The molecule has 146 valence electrons. The summed E-state index contributed by atoms with van der Waals surface area (Å²) in [6.45, 7) is 6.33. The third-order valence-electron chi connectivity index (χ3n) is 8.66. The summed E-state index contributed by atoms with van der Waals surface area (Å²) in [6, 6.07) is 0. The van der Waals surface area contributed by atoms with Gasteiger partial charge in [-0.25, -0.2) is 0 Å². The van der Waals surface area contributed by atoms with Gasteiger partial charge in [0.1, 0.15) is 5.78 Å². The Kier molecular flexibility index (Phi) is 4.83. The van der Waals surface area contributed by atoms with Gasteiger partial charge in [0.25, 0.3) is 0 Å². The second-order valence-corrected chi connectivity index (χ2v) is 10.1. The average molecular weight is 381 g/mol. The molecule has 0 heterocycles. The van der Waals surface area contributed by atoms with Crippen LogP contribution in [0.4, 0.5) is 0 Å². The lowest BCUT2D eigenvalue weighted by Crippen LogP contribution is -2.56. The summed E-state index contributed by atoms with van der Waals surface area (Å²) in [5.74, 6) is 1.73. The Bertz CT molecular complexity index is 619. The van der Waals surface area contributed by atoms with Crippen molar-refractivity contribution in [1.82, 2.24) is 0 Å². The quantitative estimate of drug-likeness (QED) is 0.552. The molecule has 4 rings (SSSR count). The summed E-state index contributed by atoms with van der Waals surface area (Å²) >= 11 is 0.476. The second kappa shape index (κ2) is 6.61. The number of Topliss-reactive ketones (excluding diaryl/α,β-unsaturated/α-hetero) is 1. The Hall–Kier alpha value is -0.360. The van der Waals surface area contributed by atoms with Crippen molar-refractivity contribution in [2.75, 3.05) is 0 Å². The van der Waals surface area contributed by atoms with E-state index in [9.17, 15) is 9.90 Å². The van der Waals surface area contributed by atoms with Crippen molar-refractivity contribution in [2.24, 2.45) is 34.5 Å². The van der Waals surface area contributed by atoms with E-state index in [1.165, 1.54) is 5.57 Å². The van der Waals surface area contributed by atoms with Crippen molar-refractivity contribution in [3.05, 3.63) is 11.6 Å². The number of carbonyl (C=O) groups excluding carboxylic acids is 1. The average Bonchev–Trinajstić information content (AvgIpc) is 2.91. The second-order valence-electron chi connectivity index (χ2n) is 9.73. The minimum atomic E-state index is -0.334. The number of aliphatic hydroxyl groups is 1. The van der Waals surface area contributed by atoms with Crippen LogP contribution in [0, 0.1) is 34.5 Å². The Morgan fingerprint density at radius 3 is 2.77 bits per heavy atom. The number of fused-ring (bicyclic) bond motifs is 5. The first-order valence-corrected chi connectivity index (χ1v) is 10.9. The smallest absolute Gasteiger partial charge is 0.155 e. The largest absolute Gasteiger partial charge is 0.393 e. The molecular weight excluding hydrogens is 348 g/mol. The molecule has 0 radical (unpaired) electrons. The van der Waals surface area contributed by atoms with Gasteiger partial charge in [-0.05, 0) is 80.5 Å². The summed E-state index contributed by atoms with van der Waals surface area (Å²) in [6.07, 6.45) is 8.81. The molecule has 0 bridgehead atoms. The van der Waals surface area contributed by atoms with E-state index < -0.39 is 0 Å². The van der Waals surface area contributed by atoms with Crippen LogP contribution >= 0.6 is 12.3 Å². The van der Waals surface area contributed by atoms with Gasteiger partial charge < -0.3 is 9.66 Å². The van der Waals surface area contributed by atoms with E-state index in [-0.39, 0.29) is 34.9 Å². The Labute approximate surface area is 161 Å². The maximum absolute atomic E-state index is 12.2. The molecule has 0 aliphatic heterocycles. The highest BCUT2D eigenvalue weighted by atomic mass is 32.2. The van der Waals surface area contributed by atoms with Gasteiger partial charge in [-0.15, -0.1) is 0 Å². The van der Waals surface area contributed by atoms with Crippen LogP contribution < -0.4 is 0 Å². The lowest BCUT2D eigenvalue weighted by atomic mass is 9.46. The Morgan fingerprint density at radius 2 is 2.08 bits per heavy atom. The predicted molar refractivity (Wildman–Crippen MR) is 102 cm³/mol. The molecule has 2 N–H and O–H groups in total. The first-order valence-electron chi connectivity index (χ1n) is 10.2. The van der Waals surface area contributed by atoms with E-state index in [1.54, 1.807) is 6.92 Å². The van der Waals surface area contributed by atoms with E-state index in [0.717, 1.165) is 44.9 Å². The van der Waals surface area contributed by atoms with Crippen molar-refractivity contribution in [3.8, 4) is 0 Å². The van der Waals surface area contributed by atoms with Crippen LogP contribution in [0.2, 0.25) is 0 Å². The molecule has 0 aromatic heterocycles. The van der Waals surface area contributed by atoms with Crippen molar-refractivity contribution < 1.29 is 18.6 Å². The van der Waals surface area contributed by atoms with Crippen molar-refractivity contribution in [3.63, 3.8) is 0 Å². The molecule has 3 saturated carbocycles. The molecule has 26 heavy (non-hydrogen) atoms. The van der Waals surface area contributed by atoms with E-state index in [1.807, 2.05) is 0 Å². The van der Waals surface area contributed by atoms with Gasteiger partial charge in [-0.1, -0.05) is 25.5 Å². The highest BCUT2D eigenvalue weighted by molar-refractivity contribution is 7.88. The van der Waals surface area contributed by atoms with Crippen LogP contribution in [0.3, 0.4) is 0 Å². The van der Waals surface area contributed by atoms with Gasteiger partial charge in [0.05, 0.1) is 12.2 Å². The predicted octanol–water partition coefficient (Wildman–Crippen LogP) is 4.63. The number of hydrogen-bond acceptors (Lipinski definition) is 5. The minimum Gasteiger partial charge on any atom is -0.393 e. The molecule has 0 amide bonds. The fraction of sp³-hybridized carbons (Fsp3) is 0.857. The molecule has 3 fully saturated rings. The third kappa shape index (κ3) is 2.65. The molecule has 8 atom stereocenters. The monoisotopic (exact) mass is 380 g/mol. The molecule has 4 aliphatic rings. The van der Waals surface area contributed by atoms with Gasteiger partial charge >= 0.3 is 0 Å². The van der Waals surface area contributed by atoms with Crippen molar-refractivity contribution in [2.45, 2.75) is 77.9 Å². The number of hydrogen-bond donors (Lipinski definition) is 2. The lowest BCUT2D eigenvalue weighted by Gasteiger charge is -2.59. The summed E-state index contributed by atoms with van der Waals surface area (Å²) in [5, 5.41) is 11.3. The van der Waals surface area contributed by atoms with Crippen LogP contribution in [0.15, 0.2) is 11.6 Å². The molecule has 4 nitrogen and oxygen atoms in total. The lowest BCUT2D eigenvalue weighted by molar-refractivity contribution is -0.140. The maximum Gasteiger partial charge on any atom is 0.155 e. The molecule has 4 aliphatic carbocycles. The van der Waals surface area contributed by atoms with Gasteiger partial charge in [-0.2, -0.15) is 0 Å². The molecular formula is C21H32O4S. The summed E-state index contributed by atoms with van der Waals surface area (Å²) in [7, 11) is 0. The van der Waals surface area contributed by atoms with E-state index in [0.29, 0.717) is 29.9 Å². The Balaban J connectivity index is 1.65. The number of carbonyl (C=O) groups is 1. The normalized spacial score (nSPS) is 50.4. The number of ketones is 1. The molecule has 0 aromatic carbocycles. The van der Waals surface area contributed by atoms with Crippen LogP contribution in [-0.2, 0) is 8.98 Å². The van der Waals surface area contributed by atoms with Crippen LogP contribution in [0.25, 0.3) is 0 Å². The van der Waals surface area contributed by atoms with E-state index in [4.69, 9.17) is 8.74 Å². The van der Waals surface area contributed by atoms with Crippen LogP contribution in [0.5, 0.6) is 0 Å². The first kappa shape index (κ1) is 19.0. The first-order chi connectivity index (χ1) is 12.3. The zero-order chi connectivity index (χ0) is 18.7. The molecule has 5 heteroatoms. The fourth-order valence-electron chi connectivity index (χ4n) is 7.57. The standard InChI is InChI=1S/C21H32O4S/c1-12(22)16-6-7-17-15-5-4-13-10-14(25-26-24)8-9-20(13,2)19(15)18(23)11-21(16,17)3/h4,14-19,23-24H,5-11H2,1-3H3. The number of rotatable bonds is 3. The maximum atomic E-state index is 12.2. The van der Waals surface area contributed by atoms with E-state index >= 15 is 0 Å². The van der Waals surface area contributed by atoms with E-state index in [2.05, 4.69) is 19.9 Å². The highest BCUT2D eigenvalue weighted by Gasteiger charge is 2.62. The summed E-state index contributed by atoms with van der Waals surface area (Å²) in [5.41, 5.74) is 1.40. The zero-order valence-corrected chi connectivity index (χ0v) is 16.9. The van der Waals surface area contributed by atoms with Crippen LogP contribution in [-0.4, -0.2) is 27.7 Å². The van der Waals surface area contributed by atoms with Gasteiger partial charge in [0.15, 0.2) is 12.3 Å². The van der Waals surface area contributed by atoms with Crippen LogP contribution in [0.1, 0.15) is 65.7 Å². The molecule has 8 unspecified atom stereocenters. The Morgan fingerprint density at radius 1 is 1.31 bits per heavy atom. The van der Waals surface area contributed by atoms with Gasteiger partial charge in [0.2, 0.25) is 0 Å². The minimum absolute atomic E-state index is 0.0257. The molecule has 0 aromatic rings. The van der Waals surface area contributed by atoms with Crippen molar-refractivity contribution >= 4 is 18.1 Å².